The molecule has 3 heterocycles. The van der Waals surface area contributed by atoms with Gasteiger partial charge in [0.2, 0.25) is 5.91 Å². The zero-order valence-electron chi connectivity index (χ0n) is 19.3. The molecule has 2 aromatic heterocycles. The van der Waals surface area contributed by atoms with Crippen LogP contribution < -0.4 is 5.32 Å². The molecule has 9 heteroatoms. The molecule has 1 saturated heterocycles. The smallest absolute Gasteiger partial charge is 0.259 e. The molecule has 0 bridgehead atoms. The molecule has 2 aromatic carbocycles. The summed E-state index contributed by atoms with van der Waals surface area (Å²) in [6, 6.07) is 13.2. The Morgan fingerprint density at radius 3 is 2.71 bits per heavy atom. The second-order valence-corrected chi connectivity index (χ2v) is 8.61. The van der Waals surface area contributed by atoms with Crippen molar-refractivity contribution in [2.75, 3.05) is 11.9 Å². The van der Waals surface area contributed by atoms with Gasteiger partial charge in [-0.05, 0) is 56.2 Å². The number of aromatic nitrogens is 4. The van der Waals surface area contributed by atoms with Crippen molar-refractivity contribution in [3.63, 3.8) is 0 Å². The summed E-state index contributed by atoms with van der Waals surface area (Å²) >= 11 is 0. The fourth-order valence-electron chi connectivity index (χ4n) is 4.48. The summed E-state index contributed by atoms with van der Waals surface area (Å²) in [6.45, 7) is 2.95. The van der Waals surface area contributed by atoms with E-state index in [4.69, 9.17) is 0 Å². The zero-order valence-corrected chi connectivity index (χ0v) is 19.3. The van der Waals surface area contributed by atoms with Gasteiger partial charge in [0.15, 0.2) is 5.82 Å². The van der Waals surface area contributed by atoms with Crippen LogP contribution in [0.15, 0.2) is 61.1 Å². The second kappa shape index (κ2) is 9.61. The van der Waals surface area contributed by atoms with E-state index in [0.717, 1.165) is 23.9 Å². The molecule has 1 aliphatic rings. The molecule has 1 aliphatic heterocycles. The predicted molar refractivity (Wildman–Crippen MR) is 129 cm³/mol. The number of imidazole rings is 1. The number of halogens is 1. The van der Waals surface area contributed by atoms with Gasteiger partial charge < -0.3 is 14.8 Å². The van der Waals surface area contributed by atoms with Gasteiger partial charge in [-0.15, -0.1) is 0 Å². The lowest BCUT2D eigenvalue weighted by Gasteiger charge is -2.24. The van der Waals surface area contributed by atoms with Crippen LogP contribution in [-0.4, -0.2) is 42.8 Å². The molecule has 1 fully saturated rings. The van der Waals surface area contributed by atoms with Crippen LogP contribution in [0.25, 0.3) is 11.0 Å². The highest BCUT2D eigenvalue weighted by Crippen LogP contribution is 2.31. The normalized spacial score (nSPS) is 15.5. The number of aryl methyl sites for hydroxylation is 2. The summed E-state index contributed by atoms with van der Waals surface area (Å²) < 4.78 is 15.1. The van der Waals surface area contributed by atoms with Crippen LogP contribution in [0.5, 0.6) is 0 Å². The number of benzene rings is 2. The number of hydrogen-bond acceptors (Lipinski definition) is 5. The monoisotopic (exact) mass is 472 g/mol. The molecule has 0 radical (unpaired) electrons. The maximum atomic E-state index is 13.1. The van der Waals surface area contributed by atoms with Gasteiger partial charge in [0.25, 0.3) is 5.91 Å². The van der Waals surface area contributed by atoms with E-state index in [0.29, 0.717) is 42.3 Å². The average Bonchev–Trinajstić information content (AvgIpc) is 3.51. The molecule has 8 nitrogen and oxygen atoms in total. The van der Waals surface area contributed by atoms with E-state index in [9.17, 15) is 14.0 Å². The summed E-state index contributed by atoms with van der Waals surface area (Å²) in [5.74, 6) is -0.155. The Kier molecular flexibility index (Phi) is 6.22. The Labute approximate surface area is 201 Å². The van der Waals surface area contributed by atoms with Crippen LogP contribution in [0.2, 0.25) is 0 Å². The van der Waals surface area contributed by atoms with Gasteiger partial charge in [0.1, 0.15) is 5.82 Å². The lowest BCUT2D eigenvalue weighted by molar-refractivity contribution is -0.132. The minimum absolute atomic E-state index is 0.0460. The fourth-order valence-corrected chi connectivity index (χ4v) is 4.48. The fraction of sp³-hybridized carbons (Fsp3) is 0.269. The Morgan fingerprint density at radius 1 is 1.11 bits per heavy atom. The van der Waals surface area contributed by atoms with Crippen LogP contribution in [0.4, 0.5) is 10.1 Å². The number of fused-ring (bicyclic) bond motifs is 1. The molecule has 2 amide bonds. The molecule has 0 unspecified atom stereocenters. The number of nitrogens with one attached hydrogen (secondary N) is 1. The van der Waals surface area contributed by atoms with Gasteiger partial charge in [-0.1, -0.05) is 12.1 Å². The van der Waals surface area contributed by atoms with Gasteiger partial charge in [-0.3, -0.25) is 9.59 Å². The molecule has 1 atom stereocenters. The van der Waals surface area contributed by atoms with Crippen LogP contribution in [0.1, 0.15) is 47.2 Å². The summed E-state index contributed by atoms with van der Waals surface area (Å²) in [4.78, 5) is 41.0. The van der Waals surface area contributed by atoms with Crippen LogP contribution in [-0.2, 0) is 11.3 Å². The first-order chi connectivity index (χ1) is 17.0. The van der Waals surface area contributed by atoms with Crippen LogP contribution in [0, 0.1) is 12.7 Å². The third kappa shape index (κ3) is 4.75. The van der Waals surface area contributed by atoms with Crippen molar-refractivity contribution in [2.45, 2.75) is 38.8 Å². The molecule has 0 spiro atoms. The first kappa shape index (κ1) is 22.6. The standard InChI is InChI=1S/C26H25FN6O2/c1-17-20(26(35)31-19-10-8-18(27)9-11-19)15-28-25(30-17)23-7-4-13-33(23)24(34)12-14-32-16-29-21-5-2-3-6-22(21)32/h2-3,5-6,8-11,15-16,23H,4,7,12-14H2,1H3,(H,31,35)/t23-/m1/s1. The van der Waals surface area contributed by atoms with Crippen molar-refractivity contribution >= 4 is 28.5 Å². The number of likely N-dealkylation sites (tertiary alicyclic amines) is 1. The van der Waals surface area contributed by atoms with Gasteiger partial charge in [-0.2, -0.15) is 0 Å². The van der Waals surface area contributed by atoms with Crippen molar-refractivity contribution < 1.29 is 14.0 Å². The Morgan fingerprint density at radius 2 is 1.91 bits per heavy atom. The molecular formula is C26H25FN6O2. The Hall–Kier alpha value is -4.14. The van der Waals surface area contributed by atoms with Crippen LogP contribution >= 0.6 is 0 Å². The van der Waals surface area contributed by atoms with Crippen molar-refractivity contribution in [1.29, 1.82) is 0 Å². The highest BCUT2D eigenvalue weighted by atomic mass is 19.1. The van der Waals surface area contributed by atoms with Crippen molar-refractivity contribution in [3.8, 4) is 0 Å². The molecule has 0 aliphatic carbocycles. The minimum Gasteiger partial charge on any atom is -0.332 e. The summed E-state index contributed by atoms with van der Waals surface area (Å²) in [7, 11) is 0. The maximum absolute atomic E-state index is 13.1. The molecular weight excluding hydrogens is 447 g/mol. The Bertz CT molecular complexity index is 1380. The van der Waals surface area contributed by atoms with Crippen molar-refractivity contribution in [2.24, 2.45) is 0 Å². The number of hydrogen-bond donors (Lipinski definition) is 1. The number of carbonyl (C=O) groups excluding carboxylic acids is 2. The minimum atomic E-state index is -0.374. The molecule has 1 N–H and O–H groups in total. The average molecular weight is 473 g/mol. The lowest BCUT2D eigenvalue weighted by Crippen LogP contribution is -2.32. The maximum Gasteiger partial charge on any atom is 0.259 e. The van der Waals surface area contributed by atoms with E-state index in [1.54, 1.807) is 13.3 Å². The van der Waals surface area contributed by atoms with E-state index in [2.05, 4.69) is 20.3 Å². The Balaban J connectivity index is 1.26. The third-order valence-electron chi connectivity index (χ3n) is 6.31. The number of nitrogens with zero attached hydrogens (tertiary/aromatic N) is 5. The van der Waals surface area contributed by atoms with Gasteiger partial charge in [0.05, 0.1) is 34.7 Å². The van der Waals surface area contributed by atoms with Crippen molar-refractivity contribution in [1.82, 2.24) is 24.4 Å². The topological polar surface area (TPSA) is 93.0 Å². The lowest BCUT2D eigenvalue weighted by atomic mass is 10.1. The van der Waals surface area contributed by atoms with Gasteiger partial charge in [-0.25, -0.2) is 19.3 Å². The first-order valence-corrected chi connectivity index (χ1v) is 11.6. The van der Waals surface area contributed by atoms with E-state index in [1.165, 1.54) is 30.5 Å². The largest absolute Gasteiger partial charge is 0.332 e. The number of anilines is 1. The van der Waals surface area contributed by atoms with Crippen molar-refractivity contribution in [3.05, 3.63) is 84.0 Å². The predicted octanol–water partition coefficient (Wildman–Crippen LogP) is 4.28. The van der Waals surface area contributed by atoms with Gasteiger partial charge >= 0.3 is 0 Å². The number of rotatable bonds is 6. The SMILES string of the molecule is Cc1nc([C@H]2CCCN2C(=O)CCn2cnc3ccccc32)ncc1C(=O)Nc1ccc(F)cc1. The van der Waals surface area contributed by atoms with Crippen LogP contribution in [0.3, 0.4) is 0 Å². The summed E-state index contributed by atoms with van der Waals surface area (Å²) in [5.41, 5.74) is 3.26. The summed E-state index contributed by atoms with van der Waals surface area (Å²) in [6.07, 6.45) is 5.27. The highest BCUT2D eigenvalue weighted by Gasteiger charge is 2.32. The second-order valence-electron chi connectivity index (χ2n) is 8.61. The molecule has 35 heavy (non-hydrogen) atoms. The van der Waals surface area contributed by atoms with E-state index in [-0.39, 0.29) is 23.7 Å². The van der Waals surface area contributed by atoms with E-state index >= 15 is 0 Å². The number of amides is 2. The third-order valence-corrected chi connectivity index (χ3v) is 6.31. The molecule has 4 aromatic rings. The van der Waals surface area contributed by atoms with E-state index < -0.39 is 0 Å². The number of para-hydroxylation sites is 2. The summed E-state index contributed by atoms with van der Waals surface area (Å²) in [5, 5.41) is 2.73. The number of carbonyl (C=O) groups is 2. The van der Waals surface area contributed by atoms with E-state index in [1.807, 2.05) is 33.7 Å². The van der Waals surface area contributed by atoms with Gasteiger partial charge in [0, 0.05) is 31.4 Å². The molecule has 0 saturated carbocycles. The molecule has 178 valence electrons. The highest BCUT2D eigenvalue weighted by molar-refractivity contribution is 6.04. The quantitative estimate of drug-likeness (QED) is 0.452. The first-order valence-electron chi connectivity index (χ1n) is 11.6. The zero-order chi connectivity index (χ0) is 24.4. The molecule has 5 rings (SSSR count).